The molecule has 130 valence electrons. The molecule has 2 rings (SSSR count). The van der Waals surface area contributed by atoms with E-state index in [1.807, 2.05) is 22.8 Å². The second kappa shape index (κ2) is 9.44. The Kier molecular flexibility index (Phi) is 7.27. The van der Waals surface area contributed by atoms with Crippen LogP contribution < -0.4 is 5.32 Å². The van der Waals surface area contributed by atoms with Gasteiger partial charge < -0.3 is 14.6 Å². The van der Waals surface area contributed by atoms with Crippen LogP contribution in [-0.2, 0) is 16.1 Å². The number of carbonyl (C=O) groups is 1. The summed E-state index contributed by atoms with van der Waals surface area (Å²) in [6, 6.07) is 7.95. The van der Waals surface area contributed by atoms with Gasteiger partial charge in [-0.3, -0.25) is 4.79 Å². The van der Waals surface area contributed by atoms with Crippen molar-refractivity contribution in [3.63, 3.8) is 0 Å². The zero-order chi connectivity index (χ0) is 17.4. The van der Waals surface area contributed by atoms with Gasteiger partial charge in [0.25, 0.3) is 0 Å². The minimum absolute atomic E-state index is 0.0488. The van der Waals surface area contributed by atoms with Crippen molar-refractivity contribution < 1.29 is 9.53 Å². The third kappa shape index (κ3) is 5.65. The van der Waals surface area contributed by atoms with Gasteiger partial charge >= 0.3 is 0 Å². The maximum absolute atomic E-state index is 12.2. The summed E-state index contributed by atoms with van der Waals surface area (Å²) in [5, 5.41) is 11.7. The standard InChI is InChI=1S/C17H24N4O2S/c1-13(2)14-6-4-7-15(10-14)19-16(22)11-24-17-20-18-12-21(17)8-5-9-23-3/h4,6-7,10,12-13H,5,8-9,11H2,1-3H3,(H,19,22). The van der Waals surface area contributed by atoms with Crippen LogP contribution in [0, 0.1) is 0 Å². The minimum atomic E-state index is -0.0488. The fourth-order valence-electron chi connectivity index (χ4n) is 2.19. The summed E-state index contributed by atoms with van der Waals surface area (Å²) in [5.41, 5.74) is 2.03. The van der Waals surface area contributed by atoms with Crippen LogP contribution >= 0.6 is 11.8 Å². The number of aromatic nitrogens is 3. The number of anilines is 1. The molecule has 24 heavy (non-hydrogen) atoms. The van der Waals surface area contributed by atoms with Gasteiger partial charge in [0, 0.05) is 25.9 Å². The van der Waals surface area contributed by atoms with E-state index in [-0.39, 0.29) is 5.91 Å². The first-order valence-electron chi connectivity index (χ1n) is 7.99. The van der Waals surface area contributed by atoms with E-state index < -0.39 is 0 Å². The number of hydrogen-bond acceptors (Lipinski definition) is 5. The van der Waals surface area contributed by atoms with Gasteiger partial charge in [0.2, 0.25) is 5.91 Å². The number of nitrogens with one attached hydrogen (secondary N) is 1. The van der Waals surface area contributed by atoms with Crippen molar-refractivity contribution >= 4 is 23.4 Å². The summed E-state index contributed by atoms with van der Waals surface area (Å²) in [7, 11) is 1.68. The highest BCUT2D eigenvalue weighted by molar-refractivity contribution is 7.99. The summed E-state index contributed by atoms with van der Waals surface area (Å²) < 4.78 is 6.99. The average molecular weight is 348 g/mol. The Labute approximate surface area is 147 Å². The number of hydrogen-bond donors (Lipinski definition) is 1. The smallest absolute Gasteiger partial charge is 0.234 e. The molecule has 0 spiro atoms. The van der Waals surface area contributed by atoms with E-state index in [4.69, 9.17) is 4.74 Å². The van der Waals surface area contributed by atoms with Crippen LogP contribution in [0.2, 0.25) is 0 Å². The molecule has 1 amide bonds. The molecule has 1 heterocycles. The molecule has 1 aromatic carbocycles. The molecule has 7 heteroatoms. The molecule has 0 aliphatic carbocycles. The number of carbonyl (C=O) groups excluding carboxylic acids is 1. The zero-order valence-corrected chi connectivity index (χ0v) is 15.2. The lowest BCUT2D eigenvalue weighted by Crippen LogP contribution is -2.15. The number of methoxy groups -OCH3 is 1. The van der Waals surface area contributed by atoms with E-state index in [0.29, 0.717) is 18.3 Å². The Morgan fingerprint density at radius 1 is 1.42 bits per heavy atom. The first-order chi connectivity index (χ1) is 11.6. The molecular weight excluding hydrogens is 324 g/mol. The van der Waals surface area contributed by atoms with Crippen LogP contribution in [-0.4, -0.2) is 40.1 Å². The molecule has 1 N–H and O–H groups in total. The molecule has 0 aliphatic rings. The van der Waals surface area contributed by atoms with Crippen LogP contribution in [0.15, 0.2) is 35.7 Å². The number of rotatable bonds is 9. The number of nitrogens with zero attached hydrogens (tertiary/aromatic N) is 3. The van der Waals surface area contributed by atoms with Crippen molar-refractivity contribution in [2.45, 2.75) is 37.9 Å². The van der Waals surface area contributed by atoms with Gasteiger partial charge in [0.1, 0.15) is 6.33 Å². The van der Waals surface area contributed by atoms with Gasteiger partial charge in [-0.05, 0) is 30.0 Å². The Morgan fingerprint density at radius 3 is 3.00 bits per heavy atom. The van der Waals surface area contributed by atoms with Crippen molar-refractivity contribution in [3.8, 4) is 0 Å². The Balaban J connectivity index is 1.85. The van der Waals surface area contributed by atoms with Gasteiger partial charge in [0.05, 0.1) is 5.75 Å². The maximum atomic E-state index is 12.2. The summed E-state index contributed by atoms with van der Waals surface area (Å²) in [4.78, 5) is 12.2. The lowest BCUT2D eigenvalue weighted by molar-refractivity contribution is -0.113. The maximum Gasteiger partial charge on any atom is 0.234 e. The fourth-order valence-corrected chi connectivity index (χ4v) is 2.93. The first-order valence-corrected chi connectivity index (χ1v) is 8.98. The van der Waals surface area contributed by atoms with Crippen LogP contribution in [0.1, 0.15) is 31.7 Å². The van der Waals surface area contributed by atoms with E-state index in [9.17, 15) is 4.79 Å². The highest BCUT2D eigenvalue weighted by Gasteiger charge is 2.09. The molecule has 0 atom stereocenters. The molecule has 1 aromatic heterocycles. The number of ether oxygens (including phenoxy) is 1. The summed E-state index contributed by atoms with van der Waals surface area (Å²) in [6.45, 7) is 5.73. The predicted molar refractivity (Wildman–Crippen MR) is 96.4 cm³/mol. The third-order valence-electron chi connectivity index (χ3n) is 3.50. The Bertz CT molecular complexity index is 658. The first kappa shape index (κ1) is 18.5. The summed E-state index contributed by atoms with van der Waals surface area (Å²) >= 11 is 1.39. The van der Waals surface area contributed by atoms with E-state index in [2.05, 4.69) is 35.4 Å². The number of benzene rings is 1. The summed E-state index contributed by atoms with van der Waals surface area (Å²) in [6.07, 6.45) is 2.57. The fraction of sp³-hybridized carbons (Fsp3) is 0.471. The van der Waals surface area contributed by atoms with Crippen LogP contribution in [0.5, 0.6) is 0 Å². The topological polar surface area (TPSA) is 69.0 Å². The van der Waals surface area contributed by atoms with E-state index in [1.165, 1.54) is 17.3 Å². The van der Waals surface area contributed by atoms with Gasteiger partial charge in [0.15, 0.2) is 5.16 Å². The average Bonchev–Trinajstić information content (AvgIpc) is 3.01. The molecule has 6 nitrogen and oxygen atoms in total. The molecule has 0 unspecified atom stereocenters. The SMILES string of the molecule is COCCCn1cnnc1SCC(=O)Nc1cccc(C(C)C)c1. The van der Waals surface area contributed by atoms with Crippen molar-refractivity contribution in [1.82, 2.24) is 14.8 Å². The van der Waals surface area contributed by atoms with Crippen LogP contribution in [0.3, 0.4) is 0 Å². The second-order valence-electron chi connectivity index (χ2n) is 5.77. The largest absolute Gasteiger partial charge is 0.385 e. The number of amides is 1. The highest BCUT2D eigenvalue weighted by Crippen LogP contribution is 2.20. The van der Waals surface area contributed by atoms with E-state index in [0.717, 1.165) is 23.8 Å². The van der Waals surface area contributed by atoms with Gasteiger partial charge in [-0.2, -0.15) is 0 Å². The molecule has 0 aliphatic heterocycles. The van der Waals surface area contributed by atoms with Gasteiger partial charge in [-0.1, -0.05) is 37.7 Å². The van der Waals surface area contributed by atoms with Crippen molar-refractivity contribution in [2.75, 3.05) is 24.8 Å². The number of aryl methyl sites for hydroxylation is 1. The van der Waals surface area contributed by atoms with Crippen molar-refractivity contribution in [1.29, 1.82) is 0 Å². The Hall–Kier alpha value is -1.86. The van der Waals surface area contributed by atoms with Crippen LogP contribution in [0.4, 0.5) is 5.69 Å². The summed E-state index contributed by atoms with van der Waals surface area (Å²) in [5.74, 6) is 0.684. The lowest BCUT2D eigenvalue weighted by atomic mass is 10.0. The molecule has 0 fully saturated rings. The van der Waals surface area contributed by atoms with E-state index >= 15 is 0 Å². The number of thioether (sulfide) groups is 1. The highest BCUT2D eigenvalue weighted by atomic mass is 32.2. The molecule has 0 saturated heterocycles. The van der Waals surface area contributed by atoms with Gasteiger partial charge in [-0.15, -0.1) is 10.2 Å². The molecule has 2 aromatic rings. The Morgan fingerprint density at radius 2 is 2.25 bits per heavy atom. The minimum Gasteiger partial charge on any atom is -0.385 e. The molecule has 0 bridgehead atoms. The molecular formula is C17H24N4O2S. The molecule has 0 radical (unpaired) electrons. The zero-order valence-electron chi connectivity index (χ0n) is 14.4. The van der Waals surface area contributed by atoms with E-state index in [1.54, 1.807) is 13.4 Å². The lowest BCUT2D eigenvalue weighted by Gasteiger charge is -2.09. The van der Waals surface area contributed by atoms with Crippen LogP contribution in [0.25, 0.3) is 0 Å². The second-order valence-corrected chi connectivity index (χ2v) is 6.71. The predicted octanol–water partition coefficient (Wildman–Crippen LogP) is 3.17. The quantitative estimate of drug-likeness (QED) is 0.557. The van der Waals surface area contributed by atoms with Gasteiger partial charge in [-0.25, -0.2) is 0 Å². The normalized spacial score (nSPS) is 11.0. The third-order valence-corrected chi connectivity index (χ3v) is 4.48. The van der Waals surface area contributed by atoms with Crippen molar-refractivity contribution in [2.24, 2.45) is 0 Å². The van der Waals surface area contributed by atoms with Crippen molar-refractivity contribution in [3.05, 3.63) is 36.2 Å². The monoisotopic (exact) mass is 348 g/mol. The molecule has 0 saturated carbocycles.